The van der Waals surface area contributed by atoms with E-state index in [1.165, 1.54) is 27.6 Å². The zero-order valence-corrected chi connectivity index (χ0v) is 33.0. The summed E-state index contributed by atoms with van der Waals surface area (Å²) in [6.07, 6.45) is 0. The van der Waals surface area contributed by atoms with Gasteiger partial charge in [-0.15, -0.1) is 0 Å². The highest BCUT2D eigenvalue weighted by Crippen LogP contribution is 2.63. The van der Waals surface area contributed by atoms with Crippen LogP contribution in [0.5, 0.6) is 11.5 Å². The molecule has 0 amide bonds. The summed E-state index contributed by atoms with van der Waals surface area (Å²) in [5.74, 6) is 2.43. The monoisotopic (exact) mass is 777 g/mol. The molecule has 0 saturated carbocycles. The summed E-state index contributed by atoms with van der Waals surface area (Å²) in [4.78, 5) is 10.5. The Morgan fingerprint density at radius 3 is 1.64 bits per heavy atom. The Balaban J connectivity index is 1.10. The summed E-state index contributed by atoms with van der Waals surface area (Å²) in [6, 6.07) is 75.8. The van der Waals surface area contributed by atoms with Crippen LogP contribution in [0.2, 0.25) is 0 Å². The van der Waals surface area contributed by atoms with Gasteiger partial charge in [0.15, 0.2) is 11.6 Å². The minimum absolute atomic E-state index is 0.573. The molecule has 2 aromatic heterocycles. The van der Waals surface area contributed by atoms with Crippen molar-refractivity contribution in [2.45, 2.75) is 5.41 Å². The number of aromatic nitrogens is 3. The second-order valence-electron chi connectivity index (χ2n) is 16.0. The van der Waals surface area contributed by atoms with Crippen molar-refractivity contribution in [3.63, 3.8) is 0 Å². The van der Waals surface area contributed by atoms with E-state index in [4.69, 9.17) is 14.7 Å². The molecule has 0 fully saturated rings. The molecule has 4 nitrogen and oxygen atoms in total. The van der Waals surface area contributed by atoms with Gasteiger partial charge in [0.2, 0.25) is 0 Å². The highest BCUT2D eigenvalue weighted by Gasteiger charge is 2.51. The van der Waals surface area contributed by atoms with Crippen molar-refractivity contribution in [1.82, 2.24) is 14.5 Å². The first-order valence-corrected chi connectivity index (χ1v) is 20.8. The average molecular weight is 778 g/mol. The lowest BCUT2D eigenvalue weighted by Crippen LogP contribution is -2.32. The number of benzene rings is 9. The third-order valence-electron chi connectivity index (χ3n) is 12.9. The summed E-state index contributed by atoms with van der Waals surface area (Å²) >= 11 is 0. The molecule has 13 rings (SSSR count). The van der Waals surface area contributed by atoms with Crippen LogP contribution in [0.4, 0.5) is 0 Å². The lowest BCUT2D eigenvalue weighted by molar-refractivity contribution is 0.440. The number of hydrogen-bond acceptors (Lipinski definition) is 3. The fourth-order valence-corrected chi connectivity index (χ4v) is 10.4. The van der Waals surface area contributed by atoms with E-state index in [2.05, 4.69) is 205 Å². The Morgan fingerprint density at radius 1 is 0.393 bits per heavy atom. The van der Waals surface area contributed by atoms with E-state index < -0.39 is 5.41 Å². The Morgan fingerprint density at radius 2 is 0.951 bits per heavy atom. The second-order valence-corrected chi connectivity index (χ2v) is 16.0. The van der Waals surface area contributed by atoms with Gasteiger partial charge < -0.3 is 9.30 Å². The van der Waals surface area contributed by atoms with Crippen LogP contribution in [0.1, 0.15) is 22.3 Å². The maximum atomic E-state index is 7.27. The highest BCUT2D eigenvalue weighted by molar-refractivity contribution is 6.14. The number of ether oxygens (including phenoxy) is 1. The molecule has 1 spiro atoms. The average Bonchev–Trinajstić information content (AvgIpc) is 3.83. The van der Waals surface area contributed by atoms with Crippen molar-refractivity contribution in [3.05, 3.63) is 235 Å². The van der Waals surface area contributed by atoms with E-state index in [9.17, 15) is 0 Å². The maximum Gasteiger partial charge on any atom is 0.161 e. The van der Waals surface area contributed by atoms with Crippen LogP contribution >= 0.6 is 0 Å². The number of nitrogens with zero attached hydrogens (tertiary/aromatic N) is 3. The van der Waals surface area contributed by atoms with Crippen LogP contribution in [0.25, 0.3) is 83.3 Å². The van der Waals surface area contributed by atoms with Crippen molar-refractivity contribution in [2.24, 2.45) is 0 Å². The minimum atomic E-state index is -0.573. The summed E-state index contributed by atoms with van der Waals surface area (Å²) in [7, 11) is 0. The van der Waals surface area contributed by atoms with Crippen LogP contribution < -0.4 is 4.74 Å². The molecule has 4 heteroatoms. The minimum Gasteiger partial charge on any atom is -0.454 e. The van der Waals surface area contributed by atoms with Crippen LogP contribution in [0, 0.1) is 0 Å². The highest BCUT2D eigenvalue weighted by atomic mass is 16.5. The largest absolute Gasteiger partial charge is 0.454 e. The Bertz CT molecular complexity index is 3470. The third-order valence-corrected chi connectivity index (χ3v) is 12.9. The molecule has 1 aliphatic heterocycles. The normalized spacial score (nSPS) is 13.2. The maximum absolute atomic E-state index is 7.27. The molecule has 11 aromatic rings. The van der Waals surface area contributed by atoms with Crippen molar-refractivity contribution in [3.8, 4) is 62.2 Å². The number of hydrogen-bond donors (Lipinski definition) is 0. The van der Waals surface area contributed by atoms with Crippen molar-refractivity contribution >= 4 is 32.6 Å². The summed E-state index contributed by atoms with van der Waals surface area (Å²) in [6.45, 7) is 0. The van der Waals surface area contributed by atoms with E-state index in [0.29, 0.717) is 5.82 Å². The molecular weight excluding hydrogens is 743 g/mol. The van der Waals surface area contributed by atoms with Gasteiger partial charge in [0.25, 0.3) is 0 Å². The van der Waals surface area contributed by atoms with Gasteiger partial charge in [-0.1, -0.05) is 182 Å². The van der Waals surface area contributed by atoms with Gasteiger partial charge in [-0.25, -0.2) is 9.97 Å². The van der Waals surface area contributed by atoms with E-state index in [1.54, 1.807) is 0 Å². The van der Waals surface area contributed by atoms with E-state index in [0.717, 1.165) is 83.6 Å². The topological polar surface area (TPSA) is 39.9 Å². The molecule has 2 aliphatic rings. The molecule has 0 radical (unpaired) electrons. The van der Waals surface area contributed by atoms with Gasteiger partial charge in [-0.3, -0.25) is 0 Å². The van der Waals surface area contributed by atoms with E-state index in [-0.39, 0.29) is 0 Å². The smallest absolute Gasteiger partial charge is 0.161 e. The zero-order chi connectivity index (χ0) is 40.1. The van der Waals surface area contributed by atoms with Gasteiger partial charge in [0, 0.05) is 44.0 Å². The number of rotatable bonds is 4. The summed E-state index contributed by atoms with van der Waals surface area (Å²) in [5, 5.41) is 4.48. The SMILES string of the molecule is c1ccc(-c2cc(-c3ccccc3)nc(-c3ccc(-n4c5ccccc5c5ccc6c(c54)Oc4ccccc4C64c5ccccc5-c5ccccc54)c4ccccc34)n2)cc1. The molecule has 3 heterocycles. The van der Waals surface area contributed by atoms with Crippen LogP contribution in [0.15, 0.2) is 212 Å². The Kier molecular flexibility index (Phi) is 7.19. The van der Waals surface area contributed by atoms with Gasteiger partial charge in [0.1, 0.15) is 5.75 Å². The van der Waals surface area contributed by atoms with Crippen molar-refractivity contribution in [1.29, 1.82) is 0 Å². The number of para-hydroxylation sites is 2. The van der Waals surface area contributed by atoms with Crippen molar-refractivity contribution < 1.29 is 4.74 Å². The lowest BCUT2D eigenvalue weighted by Gasteiger charge is -2.39. The fraction of sp³-hybridized carbons (Fsp3) is 0.0175. The summed E-state index contributed by atoms with van der Waals surface area (Å²) in [5.41, 5.74) is 14.8. The predicted molar refractivity (Wildman–Crippen MR) is 248 cm³/mol. The van der Waals surface area contributed by atoms with Gasteiger partial charge in [0.05, 0.1) is 33.5 Å². The molecule has 0 N–H and O–H groups in total. The summed E-state index contributed by atoms with van der Waals surface area (Å²) < 4.78 is 9.71. The molecule has 0 atom stereocenters. The van der Waals surface area contributed by atoms with Crippen molar-refractivity contribution in [2.75, 3.05) is 0 Å². The molecule has 0 saturated heterocycles. The van der Waals surface area contributed by atoms with E-state index >= 15 is 0 Å². The molecule has 284 valence electrons. The lowest BCUT2D eigenvalue weighted by atomic mass is 9.66. The Hall–Kier alpha value is -8.08. The number of fused-ring (bicyclic) bond motifs is 14. The molecular formula is C57H35N3O. The van der Waals surface area contributed by atoms with E-state index in [1.807, 2.05) is 12.1 Å². The van der Waals surface area contributed by atoms with Crippen LogP contribution in [-0.4, -0.2) is 14.5 Å². The molecule has 61 heavy (non-hydrogen) atoms. The first-order chi connectivity index (χ1) is 30.3. The van der Waals surface area contributed by atoms with Gasteiger partial charge in [-0.2, -0.15) is 0 Å². The van der Waals surface area contributed by atoms with Gasteiger partial charge in [-0.05, 0) is 58.0 Å². The first kappa shape index (κ1) is 33.8. The molecule has 0 bridgehead atoms. The van der Waals surface area contributed by atoms with Crippen LogP contribution in [-0.2, 0) is 5.41 Å². The fourth-order valence-electron chi connectivity index (χ4n) is 10.4. The quantitative estimate of drug-likeness (QED) is 0.179. The first-order valence-electron chi connectivity index (χ1n) is 20.8. The van der Waals surface area contributed by atoms with Gasteiger partial charge >= 0.3 is 0 Å². The zero-order valence-electron chi connectivity index (χ0n) is 33.0. The Labute approximate surface area is 352 Å². The predicted octanol–water partition coefficient (Wildman–Crippen LogP) is 14.2. The standard InChI is InChI=1S/C57H35N3O/c1-3-17-36(18-4-1)49-35-50(37-19-5-2-6-20-37)59-56(58-49)44-32-34-52(41-24-8-7-21-38(41)44)60-51-29-15-11-25-42(51)43-31-33-48-55(54(43)60)61-53-30-16-14-28-47(53)57(48)45-26-12-9-22-39(45)40-23-10-13-27-46(40)57/h1-35H. The molecule has 1 aliphatic carbocycles. The second kappa shape index (κ2) is 13.0. The van der Waals surface area contributed by atoms with Crippen LogP contribution in [0.3, 0.4) is 0 Å². The molecule has 9 aromatic carbocycles. The third kappa shape index (κ3) is 4.76. The molecule has 0 unspecified atom stereocenters.